The van der Waals surface area contributed by atoms with Gasteiger partial charge in [-0.1, -0.05) is 28.1 Å². The molecule has 0 saturated carbocycles. The van der Waals surface area contributed by atoms with Crippen LogP contribution in [-0.4, -0.2) is 40.9 Å². The lowest BCUT2D eigenvalue weighted by Crippen LogP contribution is -2.13. The maximum atomic E-state index is 11.1. The number of likely N-dealkylation sites (tertiary alicyclic amines) is 1. The van der Waals surface area contributed by atoms with Crippen molar-refractivity contribution in [2.45, 2.75) is 18.8 Å². The van der Waals surface area contributed by atoms with Crippen molar-refractivity contribution in [3.8, 4) is 0 Å². The highest BCUT2D eigenvalue weighted by Crippen LogP contribution is 2.38. The van der Waals surface area contributed by atoms with Crippen LogP contribution >= 0.6 is 15.9 Å². The molecule has 1 aromatic heterocycles. The van der Waals surface area contributed by atoms with Crippen molar-refractivity contribution in [3.05, 3.63) is 46.2 Å². The Morgan fingerprint density at radius 3 is 2.68 bits per heavy atom. The van der Waals surface area contributed by atoms with Crippen LogP contribution in [0.4, 0.5) is 5.95 Å². The fourth-order valence-corrected chi connectivity index (χ4v) is 3.38. The van der Waals surface area contributed by atoms with Gasteiger partial charge in [-0.15, -0.1) is 0 Å². The normalized spacial score (nSPS) is 22.0. The highest BCUT2D eigenvalue weighted by Gasteiger charge is 2.34. The molecule has 2 aromatic rings. The molecule has 116 valence electrons. The molecule has 1 aliphatic heterocycles. The number of nitrogens with one attached hydrogen (secondary N) is 2. The first-order chi connectivity index (χ1) is 10.5. The number of anilines is 1. The Labute approximate surface area is 138 Å². The molecular formula is C16H19BrN4O. The number of likely N-dealkylation sites (N-methyl/N-ethyl adjacent to an activating group) is 1. The van der Waals surface area contributed by atoms with Crippen molar-refractivity contribution < 1.29 is 4.79 Å². The van der Waals surface area contributed by atoms with Crippen LogP contribution in [-0.2, 0) is 4.79 Å². The summed E-state index contributed by atoms with van der Waals surface area (Å²) in [6, 6.07) is 8.51. The lowest BCUT2D eigenvalue weighted by atomic mass is 9.87. The molecule has 0 spiro atoms. The van der Waals surface area contributed by atoms with E-state index in [4.69, 9.17) is 0 Å². The van der Waals surface area contributed by atoms with Gasteiger partial charge in [0.05, 0.1) is 6.20 Å². The molecule has 2 N–H and O–H groups in total. The molecule has 1 fully saturated rings. The first-order valence-electron chi connectivity index (χ1n) is 7.29. The predicted molar refractivity (Wildman–Crippen MR) is 90.0 cm³/mol. The van der Waals surface area contributed by atoms with E-state index in [2.05, 4.69) is 67.4 Å². The van der Waals surface area contributed by atoms with Gasteiger partial charge in [-0.05, 0) is 24.7 Å². The molecule has 0 aliphatic carbocycles. The maximum Gasteiger partial charge on any atom is 0.223 e. The zero-order chi connectivity index (χ0) is 15.7. The average molecular weight is 363 g/mol. The molecule has 3 rings (SSSR count). The number of amides is 1. The highest BCUT2D eigenvalue weighted by atomic mass is 79.9. The van der Waals surface area contributed by atoms with Crippen molar-refractivity contribution in [3.63, 3.8) is 0 Å². The fourth-order valence-electron chi connectivity index (χ4n) is 3.12. The second kappa shape index (κ2) is 6.22. The summed E-state index contributed by atoms with van der Waals surface area (Å²) in [4.78, 5) is 21.0. The number of halogens is 1. The van der Waals surface area contributed by atoms with Gasteiger partial charge in [0, 0.05) is 42.0 Å². The molecule has 0 bridgehead atoms. The van der Waals surface area contributed by atoms with Crippen LogP contribution in [0.5, 0.6) is 0 Å². The Kier molecular flexibility index (Phi) is 4.31. The van der Waals surface area contributed by atoms with E-state index in [0.717, 1.165) is 23.3 Å². The largest absolute Gasteiger partial charge is 0.328 e. The van der Waals surface area contributed by atoms with Crippen LogP contribution < -0.4 is 5.32 Å². The van der Waals surface area contributed by atoms with Crippen LogP contribution in [0.1, 0.15) is 30.0 Å². The first-order valence-corrected chi connectivity index (χ1v) is 8.08. The van der Waals surface area contributed by atoms with E-state index < -0.39 is 0 Å². The van der Waals surface area contributed by atoms with Crippen molar-refractivity contribution >= 4 is 27.8 Å². The lowest BCUT2D eigenvalue weighted by molar-refractivity contribution is -0.114. The van der Waals surface area contributed by atoms with Gasteiger partial charge >= 0.3 is 0 Å². The number of hydrogen-bond donors (Lipinski definition) is 2. The maximum absolute atomic E-state index is 11.1. The zero-order valence-corrected chi connectivity index (χ0v) is 14.2. The Morgan fingerprint density at radius 2 is 2.00 bits per heavy atom. The molecule has 1 amide bonds. The second-order valence-corrected chi connectivity index (χ2v) is 6.77. The molecule has 0 radical (unpaired) electrons. The van der Waals surface area contributed by atoms with Crippen molar-refractivity contribution in [1.29, 1.82) is 0 Å². The number of imidazole rings is 1. The van der Waals surface area contributed by atoms with E-state index in [-0.39, 0.29) is 5.91 Å². The third-order valence-corrected chi connectivity index (χ3v) is 4.62. The van der Waals surface area contributed by atoms with Gasteiger partial charge in [0.2, 0.25) is 11.9 Å². The monoisotopic (exact) mass is 362 g/mol. The van der Waals surface area contributed by atoms with E-state index in [1.807, 2.05) is 6.20 Å². The van der Waals surface area contributed by atoms with Crippen LogP contribution in [0.3, 0.4) is 0 Å². The summed E-state index contributed by atoms with van der Waals surface area (Å²) in [6.45, 7) is 3.47. The van der Waals surface area contributed by atoms with E-state index in [1.165, 1.54) is 12.5 Å². The second-order valence-electron chi connectivity index (χ2n) is 5.85. The number of aromatic nitrogens is 2. The van der Waals surface area contributed by atoms with Gasteiger partial charge in [-0.3, -0.25) is 10.1 Å². The summed E-state index contributed by atoms with van der Waals surface area (Å²) in [5.74, 6) is 1.17. The molecule has 1 saturated heterocycles. The molecule has 5 nitrogen and oxygen atoms in total. The Bertz CT molecular complexity index is 667. The third kappa shape index (κ3) is 3.23. The topological polar surface area (TPSA) is 61.0 Å². The molecular weight excluding hydrogens is 344 g/mol. The summed E-state index contributed by atoms with van der Waals surface area (Å²) < 4.78 is 1.09. The smallest absolute Gasteiger partial charge is 0.223 e. The molecule has 0 unspecified atom stereocenters. The molecule has 1 aliphatic rings. The number of aromatic amines is 1. The van der Waals surface area contributed by atoms with Gasteiger partial charge in [0.25, 0.3) is 0 Å². The fraction of sp³-hybridized carbons (Fsp3) is 0.375. The molecule has 2 heterocycles. The summed E-state index contributed by atoms with van der Waals surface area (Å²) in [6.07, 6.45) is 1.83. The summed E-state index contributed by atoms with van der Waals surface area (Å²) in [5.41, 5.74) is 2.40. The van der Waals surface area contributed by atoms with E-state index >= 15 is 0 Å². The van der Waals surface area contributed by atoms with Crippen LogP contribution in [0.2, 0.25) is 0 Å². The van der Waals surface area contributed by atoms with Gasteiger partial charge in [0.15, 0.2) is 0 Å². The predicted octanol–water partition coefficient (Wildman–Crippen LogP) is 2.94. The van der Waals surface area contributed by atoms with Crippen molar-refractivity contribution in [2.24, 2.45) is 0 Å². The minimum absolute atomic E-state index is 0.117. The summed E-state index contributed by atoms with van der Waals surface area (Å²) in [5, 5.41) is 2.70. The van der Waals surface area contributed by atoms with Crippen LogP contribution in [0, 0.1) is 0 Å². The lowest BCUT2D eigenvalue weighted by Gasteiger charge is -2.17. The third-order valence-electron chi connectivity index (χ3n) is 4.09. The average Bonchev–Trinajstić information content (AvgIpc) is 3.05. The summed E-state index contributed by atoms with van der Waals surface area (Å²) >= 11 is 3.49. The van der Waals surface area contributed by atoms with Gasteiger partial charge in [-0.2, -0.15) is 0 Å². The van der Waals surface area contributed by atoms with Crippen LogP contribution in [0.15, 0.2) is 34.9 Å². The Hall–Kier alpha value is -1.66. The van der Waals surface area contributed by atoms with E-state index in [1.54, 1.807) is 0 Å². The number of benzene rings is 1. The summed E-state index contributed by atoms with van der Waals surface area (Å²) in [7, 11) is 2.14. The standard InChI is InChI=1S/C16H19BrN4O/c1-10(22)19-16-18-7-15(20-16)14-9-21(2)8-13(14)11-3-5-12(17)6-4-11/h3-7,13-14H,8-9H2,1-2H3,(H2,18,19,20,22)/t13-,14+/m1/s1. The van der Waals surface area contributed by atoms with Crippen molar-refractivity contribution in [1.82, 2.24) is 14.9 Å². The number of carbonyl (C=O) groups is 1. The quantitative estimate of drug-likeness (QED) is 0.882. The van der Waals surface area contributed by atoms with Gasteiger partial charge in [-0.25, -0.2) is 4.98 Å². The number of carbonyl (C=O) groups excluding carboxylic acids is 1. The number of hydrogen-bond acceptors (Lipinski definition) is 3. The Balaban J connectivity index is 1.85. The SMILES string of the molecule is CC(=O)Nc1ncc([C@H]2CN(C)C[C@@H]2c2ccc(Br)cc2)[nH]1. The molecule has 6 heteroatoms. The zero-order valence-electron chi connectivity index (χ0n) is 12.6. The first kappa shape index (κ1) is 15.2. The minimum Gasteiger partial charge on any atom is -0.328 e. The molecule has 1 aromatic carbocycles. The van der Waals surface area contributed by atoms with Gasteiger partial charge in [0.1, 0.15) is 0 Å². The highest BCUT2D eigenvalue weighted by molar-refractivity contribution is 9.10. The minimum atomic E-state index is -0.117. The molecule has 2 atom stereocenters. The Morgan fingerprint density at radius 1 is 1.32 bits per heavy atom. The number of H-pyrrole nitrogens is 1. The van der Waals surface area contributed by atoms with Gasteiger partial charge < -0.3 is 9.88 Å². The van der Waals surface area contributed by atoms with Crippen LogP contribution in [0.25, 0.3) is 0 Å². The number of nitrogens with zero attached hydrogens (tertiary/aromatic N) is 2. The van der Waals surface area contributed by atoms with E-state index in [0.29, 0.717) is 17.8 Å². The van der Waals surface area contributed by atoms with E-state index in [9.17, 15) is 4.79 Å². The number of rotatable bonds is 3. The molecule has 22 heavy (non-hydrogen) atoms. The van der Waals surface area contributed by atoms with Crippen molar-refractivity contribution in [2.75, 3.05) is 25.5 Å².